The van der Waals surface area contributed by atoms with Crippen LogP contribution in [0.25, 0.3) is 0 Å². The fourth-order valence-corrected chi connectivity index (χ4v) is 3.16. The van der Waals surface area contributed by atoms with E-state index in [4.69, 9.17) is 42.1 Å². The van der Waals surface area contributed by atoms with Crippen molar-refractivity contribution in [2.75, 3.05) is 25.0 Å². The summed E-state index contributed by atoms with van der Waals surface area (Å²) in [6, 6.07) is 5.48. The zero-order valence-electron chi connectivity index (χ0n) is 19.8. The summed E-state index contributed by atoms with van der Waals surface area (Å²) in [5, 5.41) is 21.3. The molecule has 0 heterocycles. The third kappa shape index (κ3) is 8.34. The van der Waals surface area contributed by atoms with E-state index in [0.29, 0.717) is 0 Å². The molecular weight excluding hydrogens is 519 g/mol. The molecule has 1 aromatic rings. The maximum Gasteiger partial charge on any atom is 0.339 e. The molecule has 36 heavy (non-hydrogen) atoms. The number of esters is 4. The van der Waals surface area contributed by atoms with Gasteiger partial charge in [0.15, 0.2) is 0 Å². The summed E-state index contributed by atoms with van der Waals surface area (Å²) in [5.74, 6) is -4.52. The predicted octanol–water partition coefficient (Wildman–Crippen LogP) is 2.18. The number of carbonyl (C=O) groups excluding carboxylic acids is 4. The second kappa shape index (κ2) is 14.0. The molecule has 1 aromatic carbocycles. The van der Waals surface area contributed by atoms with Crippen molar-refractivity contribution in [2.45, 2.75) is 37.3 Å². The first-order valence-electron chi connectivity index (χ1n) is 10.5. The van der Waals surface area contributed by atoms with Crippen molar-refractivity contribution in [1.29, 1.82) is 0 Å². The van der Waals surface area contributed by atoms with Crippen molar-refractivity contribution in [3.05, 3.63) is 60.7 Å². The van der Waals surface area contributed by atoms with Crippen LogP contribution in [-0.2, 0) is 28.5 Å². The van der Waals surface area contributed by atoms with E-state index in [9.17, 15) is 29.4 Å². The minimum absolute atomic E-state index is 0.212. The molecule has 0 aliphatic carbocycles. The largest absolute Gasteiger partial charge is 0.459 e. The van der Waals surface area contributed by atoms with E-state index in [1.54, 1.807) is 0 Å². The van der Waals surface area contributed by atoms with Crippen molar-refractivity contribution in [3.8, 4) is 0 Å². The van der Waals surface area contributed by atoms with E-state index in [0.717, 1.165) is 12.2 Å². The molecule has 0 amide bonds. The number of hydrogen-bond acceptors (Lipinski definition) is 10. The van der Waals surface area contributed by atoms with Gasteiger partial charge in [0.2, 0.25) is 0 Å². The summed E-state index contributed by atoms with van der Waals surface area (Å²) in [6.45, 7) is 7.89. The van der Waals surface area contributed by atoms with Crippen LogP contribution >= 0.6 is 23.2 Å². The smallest absolute Gasteiger partial charge is 0.339 e. The zero-order valence-corrected chi connectivity index (χ0v) is 21.3. The second-order valence-electron chi connectivity index (χ2n) is 7.74. The van der Waals surface area contributed by atoms with E-state index < -0.39 is 72.3 Å². The first-order chi connectivity index (χ1) is 16.9. The van der Waals surface area contributed by atoms with Crippen LogP contribution in [0.15, 0.2) is 49.6 Å². The summed E-state index contributed by atoms with van der Waals surface area (Å²) in [5.41, 5.74) is -4.28. The Morgan fingerprint density at radius 2 is 1.17 bits per heavy atom. The lowest BCUT2D eigenvalue weighted by molar-refractivity contribution is -0.159. The monoisotopic (exact) mass is 546 g/mol. The summed E-state index contributed by atoms with van der Waals surface area (Å²) in [4.78, 5) is 48.3. The fraction of sp³-hybridized carbons (Fsp3) is 0.417. The highest BCUT2D eigenvalue weighted by atomic mass is 35.5. The van der Waals surface area contributed by atoms with Crippen molar-refractivity contribution >= 4 is 47.1 Å². The van der Waals surface area contributed by atoms with E-state index in [1.807, 2.05) is 0 Å². The molecule has 0 aromatic heterocycles. The minimum Gasteiger partial charge on any atom is -0.459 e. The lowest BCUT2D eigenvalue weighted by atomic mass is 10.0. The standard InChI is InChI=1S/C24H28Cl2O10/c1-5-19(27)35-15(3)23(31,11-25)13-33-21(29)17-9-7-8-10-18(17)22(30)34-14-24(32,12-26)16(4)36-20(28)6-2/h5-10,15-16,31-32H,1-2,11-14H2,3-4H3. The number of hydrogen-bond donors (Lipinski definition) is 2. The lowest BCUT2D eigenvalue weighted by Gasteiger charge is -2.31. The SMILES string of the molecule is C=CC(=O)OC(C)C(O)(CCl)COC(=O)c1ccccc1C(=O)OCC(O)(CCl)C(C)OC(=O)C=C. The average molecular weight is 547 g/mol. The van der Waals surface area contributed by atoms with Crippen LogP contribution < -0.4 is 0 Å². The number of rotatable bonds is 14. The molecule has 4 unspecified atom stereocenters. The van der Waals surface area contributed by atoms with Crippen molar-refractivity contribution in [3.63, 3.8) is 0 Å². The first kappa shape index (κ1) is 31.1. The van der Waals surface area contributed by atoms with Crippen LogP contribution in [0.2, 0.25) is 0 Å². The lowest BCUT2D eigenvalue weighted by Crippen LogP contribution is -2.49. The Balaban J connectivity index is 2.97. The van der Waals surface area contributed by atoms with Gasteiger partial charge in [0.05, 0.1) is 22.9 Å². The molecule has 1 rings (SSSR count). The van der Waals surface area contributed by atoms with Crippen molar-refractivity contribution < 1.29 is 48.3 Å². The molecule has 0 spiro atoms. The maximum absolute atomic E-state index is 12.7. The Hall–Kier alpha value is -2.92. The number of carbonyl (C=O) groups is 4. The molecule has 0 bridgehead atoms. The van der Waals surface area contributed by atoms with Gasteiger partial charge in [-0.05, 0) is 26.0 Å². The van der Waals surface area contributed by atoms with Crippen LogP contribution in [0.1, 0.15) is 34.6 Å². The van der Waals surface area contributed by atoms with Gasteiger partial charge in [-0.1, -0.05) is 25.3 Å². The molecule has 0 aliphatic heterocycles. The van der Waals surface area contributed by atoms with Gasteiger partial charge in [-0.25, -0.2) is 19.2 Å². The van der Waals surface area contributed by atoms with Gasteiger partial charge in [0.1, 0.15) is 36.6 Å². The maximum atomic E-state index is 12.7. The molecule has 4 atom stereocenters. The Kier molecular flexibility index (Phi) is 12.1. The average Bonchev–Trinajstić information content (AvgIpc) is 2.89. The van der Waals surface area contributed by atoms with Gasteiger partial charge in [0.25, 0.3) is 0 Å². The number of aliphatic hydroxyl groups is 2. The molecular formula is C24H28Cl2O10. The van der Waals surface area contributed by atoms with E-state index in [1.165, 1.54) is 38.1 Å². The molecule has 0 aliphatic rings. The molecule has 0 fully saturated rings. The number of halogens is 2. The van der Waals surface area contributed by atoms with Crippen LogP contribution in [0.3, 0.4) is 0 Å². The minimum atomic E-state index is -1.93. The molecule has 0 radical (unpaired) electrons. The molecule has 198 valence electrons. The normalized spacial score (nSPS) is 15.7. The Morgan fingerprint density at radius 1 is 0.833 bits per heavy atom. The zero-order chi connectivity index (χ0) is 27.5. The summed E-state index contributed by atoms with van der Waals surface area (Å²) >= 11 is 11.6. The van der Waals surface area contributed by atoms with Crippen LogP contribution in [0.4, 0.5) is 0 Å². The van der Waals surface area contributed by atoms with Gasteiger partial charge in [-0.2, -0.15) is 0 Å². The highest BCUT2D eigenvalue weighted by Crippen LogP contribution is 2.21. The first-order valence-corrected chi connectivity index (χ1v) is 11.6. The van der Waals surface area contributed by atoms with E-state index >= 15 is 0 Å². The third-order valence-corrected chi connectivity index (χ3v) is 6.09. The second-order valence-corrected chi connectivity index (χ2v) is 8.27. The van der Waals surface area contributed by atoms with Gasteiger partial charge >= 0.3 is 23.9 Å². The van der Waals surface area contributed by atoms with E-state index in [-0.39, 0.29) is 11.1 Å². The molecule has 0 saturated carbocycles. The van der Waals surface area contributed by atoms with Crippen LogP contribution in [0.5, 0.6) is 0 Å². The predicted molar refractivity (Wildman–Crippen MR) is 130 cm³/mol. The Morgan fingerprint density at radius 3 is 1.44 bits per heavy atom. The Labute approximate surface area is 218 Å². The summed E-state index contributed by atoms with van der Waals surface area (Å²) in [6.07, 6.45) is -0.513. The van der Waals surface area contributed by atoms with Gasteiger partial charge in [-0.3, -0.25) is 0 Å². The highest BCUT2D eigenvalue weighted by Gasteiger charge is 2.39. The van der Waals surface area contributed by atoms with Crippen LogP contribution in [0, 0.1) is 0 Å². The highest BCUT2D eigenvalue weighted by molar-refractivity contribution is 6.19. The van der Waals surface area contributed by atoms with Crippen LogP contribution in [-0.4, -0.2) is 82.5 Å². The quantitative estimate of drug-likeness (QED) is 0.154. The summed E-state index contributed by atoms with van der Waals surface area (Å²) < 4.78 is 20.2. The van der Waals surface area contributed by atoms with Crippen molar-refractivity contribution in [2.24, 2.45) is 0 Å². The van der Waals surface area contributed by atoms with Gasteiger partial charge in [0, 0.05) is 12.2 Å². The molecule has 12 heteroatoms. The molecule has 2 N–H and O–H groups in total. The number of ether oxygens (including phenoxy) is 4. The molecule has 0 saturated heterocycles. The van der Waals surface area contributed by atoms with Gasteiger partial charge < -0.3 is 29.2 Å². The fourth-order valence-electron chi connectivity index (χ4n) is 2.57. The topological polar surface area (TPSA) is 146 Å². The van der Waals surface area contributed by atoms with Gasteiger partial charge in [-0.15, -0.1) is 23.2 Å². The third-order valence-electron chi connectivity index (χ3n) is 5.17. The number of alkyl halides is 2. The Bertz CT molecular complexity index is 904. The van der Waals surface area contributed by atoms with Crippen molar-refractivity contribution in [1.82, 2.24) is 0 Å². The number of benzene rings is 1. The molecule has 10 nitrogen and oxygen atoms in total. The summed E-state index contributed by atoms with van der Waals surface area (Å²) in [7, 11) is 0. The van der Waals surface area contributed by atoms with E-state index in [2.05, 4.69) is 13.2 Å².